The summed E-state index contributed by atoms with van der Waals surface area (Å²) in [4.78, 5) is 42.9. The summed E-state index contributed by atoms with van der Waals surface area (Å²) >= 11 is 0. The minimum absolute atomic E-state index is 0.000476. The van der Waals surface area contributed by atoms with E-state index in [0.717, 1.165) is 11.3 Å². The number of piperazine rings is 1. The van der Waals surface area contributed by atoms with Crippen LogP contribution in [0.15, 0.2) is 42.5 Å². The molecular weight excluding hydrogens is 410 g/mol. The van der Waals surface area contributed by atoms with E-state index in [1.165, 1.54) is 13.0 Å². The van der Waals surface area contributed by atoms with Gasteiger partial charge in [-0.3, -0.25) is 19.7 Å². The summed E-state index contributed by atoms with van der Waals surface area (Å²) in [5.41, 5.74) is 2.68. The molecule has 1 aliphatic heterocycles. The predicted octanol–water partition coefficient (Wildman–Crippen LogP) is 2.60. The first kappa shape index (κ1) is 23.1. The molecule has 0 spiro atoms. The molecular formula is C23H29N5O4. The highest BCUT2D eigenvalue weighted by molar-refractivity contribution is 5.95. The zero-order chi connectivity index (χ0) is 23.4. The number of benzene rings is 2. The van der Waals surface area contributed by atoms with Gasteiger partial charge in [-0.05, 0) is 29.8 Å². The lowest BCUT2D eigenvalue weighted by molar-refractivity contribution is -0.384. The fourth-order valence-electron chi connectivity index (χ4n) is 3.80. The number of nitro groups is 1. The van der Waals surface area contributed by atoms with E-state index < -0.39 is 4.92 Å². The summed E-state index contributed by atoms with van der Waals surface area (Å²) in [6, 6.07) is 12.5. The van der Waals surface area contributed by atoms with Crippen LogP contribution in [0.25, 0.3) is 0 Å². The zero-order valence-corrected chi connectivity index (χ0v) is 18.9. The van der Waals surface area contributed by atoms with Crippen LogP contribution < -0.4 is 9.80 Å². The van der Waals surface area contributed by atoms with Crippen LogP contribution in [0, 0.1) is 10.1 Å². The number of nitrogens with zero attached hydrogens (tertiary/aromatic N) is 5. The van der Waals surface area contributed by atoms with Gasteiger partial charge in [0, 0.05) is 78.1 Å². The van der Waals surface area contributed by atoms with Gasteiger partial charge in [0.25, 0.3) is 11.6 Å². The SMILES string of the molecule is CC(=O)N1CCN(c2ccc(C(=O)N(C)Cc3ccc(N(C)C)cc3)cc2[N+](=O)[O-])CC1. The highest BCUT2D eigenvalue weighted by atomic mass is 16.6. The van der Waals surface area contributed by atoms with Crippen molar-refractivity contribution in [1.82, 2.24) is 9.80 Å². The van der Waals surface area contributed by atoms with Crippen LogP contribution in [0.3, 0.4) is 0 Å². The average molecular weight is 440 g/mol. The number of hydrogen-bond donors (Lipinski definition) is 0. The first-order chi connectivity index (χ1) is 15.2. The molecule has 3 rings (SSSR count). The van der Waals surface area contributed by atoms with Crippen LogP contribution in [0.1, 0.15) is 22.8 Å². The van der Waals surface area contributed by atoms with Gasteiger partial charge in [-0.1, -0.05) is 12.1 Å². The summed E-state index contributed by atoms with van der Waals surface area (Å²) in [6.45, 7) is 3.97. The molecule has 1 saturated heterocycles. The Labute approximate surface area is 188 Å². The highest BCUT2D eigenvalue weighted by Crippen LogP contribution is 2.30. The molecule has 1 aliphatic rings. The lowest BCUT2D eigenvalue weighted by atomic mass is 10.1. The first-order valence-electron chi connectivity index (χ1n) is 10.5. The second-order valence-corrected chi connectivity index (χ2v) is 8.18. The van der Waals surface area contributed by atoms with Gasteiger partial charge in [-0.15, -0.1) is 0 Å². The monoisotopic (exact) mass is 439 g/mol. The van der Waals surface area contributed by atoms with Gasteiger partial charge in [0.05, 0.1) is 4.92 Å². The number of anilines is 2. The molecule has 2 amide bonds. The zero-order valence-electron chi connectivity index (χ0n) is 18.9. The first-order valence-corrected chi connectivity index (χ1v) is 10.5. The topological polar surface area (TPSA) is 90.2 Å². The third-order valence-corrected chi connectivity index (χ3v) is 5.70. The van der Waals surface area contributed by atoms with E-state index in [1.54, 1.807) is 29.0 Å². The van der Waals surface area contributed by atoms with E-state index in [9.17, 15) is 19.7 Å². The lowest BCUT2D eigenvalue weighted by Gasteiger charge is -2.35. The molecule has 2 aromatic carbocycles. The van der Waals surface area contributed by atoms with Gasteiger partial charge >= 0.3 is 0 Å². The number of carbonyl (C=O) groups is 2. The Morgan fingerprint density at radius 2 is 1.62 bits per heavy atom. The van der Waals surface area contributed by atoms with Gasteiger partial charge in [0.15, 0.2) is 0 Å². The molecule has 0 aliphatic carbocycles. The molecule has 1 heterocycles. The summed E-state index contributed by atoms with van der Waals surface area (Å²) in [5, 5.41) is 11.7. The molecule has 0 unspecified atom stereocenters. The number of amides is 2. The lowest BCUT2D eigenvalue weighted by Crippen LogP contribution is -2.48. The molecule has 0 N–H and O–H groups in total. The largest absolute Gasteiger partial charge is 0.378 e. The van der Waals surface area contributed by atoms with Gasteiger partial charge < -0.3 is 19.6 Å². The second-order valence-electron chi connectivity index (χ2n) is 8.18. The van der Waals surface area contributed by atoms with Crippen molar-refractivity contribution in [3.8, 4) is 0 Å². The van der Waals surface area contributed by atoms with Crippen LogP contribution in [0.2, 0.25) is 0 Å². The molecule has 0 saturated carbocycles. The predicted molar refractivity (Wildman–Crippen MR) is 124 cm³/mol. The van der Waals surface area contributed by atoms with Gasteiger partial charge in [-0.25, -0.2) is 0 Å². The number of nitro benzene ring substituents is 1. The molecule has 0 radical (unpaired) electrons. The Kier molecular flexibility index (Phi) is 6.97. The van der Waals surface area contributed by atoms with Crippen LogP contribution in [0.5, 0.6) is 0 Å². The van der Waals surface area contributed by atoms with Gasteiger partial charge in [0.2, 0.25) is 5.91 Å². The number of rotatable bonds is 6. The van der Waals surface area contributed by atoms with Crippen LogP contribution in [0.4, 0.5) is 17.1 Å². The van der Waals surface area contributed by atoms with Crippen molar-refractivity contribution in [3.63, 3.8) is 0 Å². The fraction of sp³-hybridized carbons (Fsp3) is 0.391. The molecule has 32 heavy (non-hydrogen) atoms. The molecule has 1 fully saturated rings. The summed E-state index contributed by atoms with van der Waals surface area (Å²) < 4.78 is 0. The average Bonchev–Trinajstić information content (AvgIpc) is 2.78. The van der Waals surface area contributed by atoms with Crippen molar-refractivity contribution in [2.45, 2.75) is 13.5 Å². The molecule has 9 nitrogen and oxygen atoms in total. The van der Waals surface area contributed by atoms with Gasteiger partial charge in [0.1, 0.15) is 5.69 Å². The van der Waals surface area contributed by atoms with Crippen molar-refractivity contribution < 1.29 is 14.5 Å². The Morgan fingerprint density at radius 3 is 2.16 bits per heavy atom. The van der Waals surface area contributed by atoms with Crippen molar-refractivity contribution in [3.05, 3.63) is 63.7 Å². The van der Waals surface area contributed by atoms with Crippen LogP contribution in [-0.4, -0.2) is 73.9 Å². The van der Waals surface area contributed by atoms with E-state index in [1.807, 2.05) is 48.2 Å². The molecule has 0 atom stereocenters. The standard InChI is InChI=1S/C23H29N5O4/c1-17(29)26-11-13-27(14-12-26)21-10-7-19(15-22(21)28(31)32)23(30)25(4)16-18-5-8-20(9-6-18)24(2)3/h5-10,15H,11-14,16H2,1-4H3. The van der Waals surface area contributed by atoms with Crippen LogP contribution >= 0.6 is 0 Å². The molecule has 170 valence electrons. The smallest absolute Gasteiger partial charge is 0.293 e. The molecule has 9 heteroatoms. The third-order valence-electron chi connectivity index (χ3n) is 5.70. The van der Waals surface area contributed by atoms with Crippen molar-refractivity contribution in [2.75, 3.05) is 57.1 Å². The van der Waals surface area contributed by atoms with E-state index >= 15 is 0 Å². The maximum absolute atomic E-state index is 12.9. The van der Waals surface area contributed by atoms with Crippen molar-refractivity contribution in [1.29, 1.82) is 0 Å². The second kappa shape index (κ2) is 9.67. The quantitative estimate of drug-likeness (QED) is 0.508. The Morgan fingerprint density at radius 1 is 1.00 bits per heavy atom. The Bertz CT molecular complexity index is 998. The fourth-order valence-corrected chi connectivity index (χ4v) is 3.80. The minimum Gasteiger partial charge on any atom is -0.378 e. The highest BCUT2D eigenvalue weighted by Gasteiger charge is 2.26. The normalized spacial score (nSPS) is 13.6. The van der Waals surface area contributed by atoms with Crippen molar-refractivity contribution >= 4 is 28.9 Å². The molecule has 2 aromatic rings. The molecule has 0 bridgehead atoms. The van der Waals surface area contributed by atoms with Crippen molar-refractivity contribution in [2.24, 2.45) is 0 Å². The minimum atomic E-state index is -0.455. The summed E-state index contributed by atoms with van der Waals surface area (Å²) in [5.74, 6) is -0.280. The Hall–Kier alpha value is -3.62. The number of carbonyl (C=O) groups excluding carboxylic acids is 2. The van der Waals surface area contributed by atoms with E-state index in [4.69, 9.17) is 0 Å². The van der Waals surface area contributed by atoms with Gasteiger partial charge in [-0.2, -0.15) is 0 Å². The van der Waals surface area contributed by atoms with Crippen LogP contribution in [-0.2, 0) is 11.3 Å². The number of hydrogen-bond acceptors (Lipinski definition) is 6. The van der Waals surface area contributed by atoms with E-state index in [2.05, 4.69) is 0 Å². The molecule has 0 aromatic heterocycles. The maximum atomic E-state index is 12.9. The third kappa shape index (κ3) is 5.16. The van der Waals surface area contributed by atoms with E-state index in [0.29, 0.717) is 38.4 Å². The summed E-state index contributed by atoms with van der Waals surface area (Å²) in [6.07, 6.45) is 0. The maximum Gasteiger partial charge on any atom is 0.293 e. The van der Waals surface area contributed by atoms with E-state index in [-0.39, 0.29) is 23.1 Å². The Balaban J connectivity index is 1.74. The summed E-state index contributed by atoms with van der Waals surface area (Å²) in [7, 11) is 5.61.